The molecule has 1 aliphatic carbocycles. The number of amides is 1. The van der Waals surface area contributed by atoms with Gasteiger partial charge in [0.15, 0.2) is 0 Å². The second kappa shape index (κ2) is 4.08. The molecular formula is C11H15NO. The fourth-order valence-electron chi connectivity index (χ4n) is 1.21. The molecule has 13 heavy (non-hydrogen) atoms. The molecule has 0 aliphatic heterocycles. The molecule has 0 aromatic rings. The lowest BCUT2D eigenvalue weighted by Crippen LogP contribution is -2.36. The molecule has 0 fully saturated rings. The minimum absolute atomic E-state index is 0.0683. The molecule has 1 unspecified atom stereocenters. The highest BCUT2D eigenvalue weighted by Gasteiger charge is 2.15. The quantitative estimate of drug-likeness (QED) is 0.654. The Kier molecular flexibility index (Phi) is 3.07. The molecule has 0 saturated carbocycles. The van der Waals surface area contributed by atoms with E-state index in [2.05, 4.69) is 24.0 Å². The van der Waals surface area contributed by atoms with Gasteiger partial charge >= 0.3 is 0 Å². The molecule has 0 heterocycles. The van der Waals surface area contributed by atoms with Crippen LogP contribution in [0, 0.1) is 5.92 Å². The lowest BCUT2D eigenvalue weighted by molar-refractivity contribution is -0.118. The monoisotopic (exact) mass is 177 g/mol. The predicted molar refractivity (Wildman–Crippen MR) is 54.2 cm³/mol. The minimum Gasteiger partial charge on any atom is -0.349 e. The number of hydrogen-bond acceptors (Lipinski definition) is 1. The van der Waals surface area contributed by atoms with Crippen molar-refractivity contribution in [2.75, 3.05) is 0 Å². The Bertz CT molecular complexity index is 264. The third-order valence-electron chi connectivity index (χ3n) is 2.10. The maximum atomic E-state index is 11.3. The first-order valence-electron chi connectivity index (χ1n) is 4.42. The van der Waals surface area contributed by atoms with Crippen LogP contribution in [0.5, 0.6) is 0 Å². The molecule has 0 spiro atoms. The summed E-state index contributed by atoms with van der Waals surface area (Å²) in [5, 5.41) is 2.88. The maximum absolute atomic E-state index is 11.3. The third kappa shape index (κ3) is 2.58. The van der Waals surface area contributed by atoms with E-state index in [-0.39, 0.29) is 11.9 Å². The van der Waals surface area contributed by atoms with Crippen molar-refractivity contribution in [1.82, 2.24) is 5.32 Å². The molecule has 0 aromatic heterocycles. The smallest absolute Gasteiger partial charge is 0.246 e. The Morgan fingerprint density at radius 2 is 2.00 bits per heavy atom. The van der Waals surface area contributed by atoms with Crippen molar-refractivity contribution in [3.8, 4) is 0 Å². The third-order valence-corrected chi connectivity index (χ3v) is 2.10. The van der Waals surface area contributed by atoms with Gasteiger partial charge in [-0.25, -0.2) is 0 Å². The molecule has 70 valence electrons. The van der Waals surface area contributed by atoms with Gasteiger partial charge in [0.1, 0.15) is 0 Å². The van der Waals surface area contributed by atoms with E-state index in [1.54, 1.807) is 6.92 Å². The molecule has 1 atom stereocenters. The molecule has 1 rings (SSSR count). The summed E-state index contributed by atoms with van der Waals surface area (Å²) in [4.78, 5) is 11.3. The molecule has 0 saturated heterocycles. The molecular weight excluding hydrogens is 162 g/mol. The van der Waals surface area contributed by atoms with Crippen LogP contribution in [0.25, 0.3) is 0 Å². The van der Waals surface area contributed by atoms with Crippen molar-refractivity contribution in [2.45, 2.75) is 19.9 Å². The zero-order chi connectivity index (χ0) is 9.84. The van der Waals surface area contributed by atoms with Crippen LogP contribution in [0.4, 0.5) is 0 Å². The second-order valence-electron chi connectivity index (χ2n) is 3.39. The minimum atomic E-state index is -0.0683. The summed E-state index contributed by atoms with van der Waals surface area (Å²) in [6, 6.07) is 0.138. The summed E-state index contributed by atoms with van der Waals surface area (Å²) >= 11 is 0. The summed E-state index contributed by atoms with van der Waals surface area (Å²) in [5.41, 5.74) is 0.554. The standard InChI is InChI=1S/C11H15NO/c1-8(2)11(13)12-9(3)10-6-4-5-7-10/h4-7,9-10H,1H2,2-3H3,(H,12,13). The van der Waals surface area contributed by atoms with Gasteiger partial charge in [-0.1, -0.05) is 30.9 Å². The molecule has 0 radical (unpaired) electrons. The zero-order valence-electron chi connectivity index (χ0n) is 8.08. The Hall–Kier alpha value is -1.31. The summed E-state index contributed by atoms with van der Waals surface area (Å²) in [6.45, 7) is 7.29. The van der Waals surface area contributed by atoms with Crippen molar-refractivity contribution >= 4 is 5.91 Å². The Balaban J connectivity index is 2.45. The zero-order valence-corrected chi connectivity index (χ0v) is 8.08. The van der Waals surface area contributed by atoms with Crippen molar-refractivity contribution in [3.05, 3.63) is 36.5 Å². The van der Waals surface area contributed by atoms with Crippen LogP contribution in [-0.4, -0.2) is 11.9 Å². The van der Waals surface area contributed by atoms with Crippen LogP contribution in [0.2, 0.25) is 0 Å². The average molecular weight is 177 g/mol. The molecule has 2 nitrogen and oxygen atoms in total. The molecule has 1 N–H and O–H groups in total. The SMILES string of the molecule is C=C(C)C(=O)NC(C)C1C=CC=C1. The van der Waals surface area contributed by atoms with Gasteiger partial charge in [0.25, 0.3) is 0 Å². The van der Waals surface area contributed by atoms with Crippen LogP contribution in [-0.2, 0) is 4.79 Å². The first-order chi connectivity index (χ1) is 6.11. The highest BCUT2D eigenvalue weighted by atomic mass is 16.1. The lowest BCUT2D eigenvalue weighted by Gasteiger charge is -2.17. The molecule has 1 amide bonds. The fourth-order valence-corrected chi connectivity index (χ4v) is 1.21. The normalized spacial score (nSPS) is 17.4. The molecule has 0 bridgehead atoms. The molecule has 0 aromatic carbocycles. The van der Waals surface area contributed by atoms with Gasteiger partial charge in [-0.15, -0.1) is 0 Å². The number of carbonyl (C=O) groups excluding carboxylic acids is 1. The summed E-state index contributed by atoms with van der Waals surface area (Å²) in [5.74, 6) is 0.254. The average Bonchev–Trinajstić information content (AvgIpc) is 2.55. The highest BCUT2D eigenvalue weighted by molar-refractivity contribution is 5.92. The van der Waals surface area contributed by atoms with Crippen molar-refractivity contribution < 1.29 is 4.79 Å². The van der Waals surface area contributed by atoms with Crippen molar-refractivity contribution in [2.24, 2.45) is 5.92 Å². The second-order valence-corrected chi connectivity index (χ2v) is 3.39. The summed E-state index contributed by atoms with van der Waals surface area (Å²) < 4.78 is 0. The van der Waals surface area contributed by atoms with Crippen LogP contribution in [0.3, 0.4) is 0 Å². The van der Waals surface area contributed by atoms with E-state index in [0.29, 0.717) is 11.5 Å². The topological polar surface area (TPSA) is 29.1 Å². The Labute approximate surface area is 79.0 Å². The van der Waals surface area contributed by atoms with E-state index < -0.39 is 0 Å². The van der Waals surface area contributed by atoms with E-state index in [1.807, 2.05) is 19.1 Å². The van der Waals surface area contributed by atoms with Crippen molar-refractivity contribution in [3.63, 3.8) is 0 Å². The van der Waals surface area contributed by atoms with Crippen molar-refractivity contribution in [1.29, 1.82) is 0 Å². The number of allylic oxidation sites excluding steroid dienone is 2. The van der Waals surface area contributed by atoms with Gasteiger partial charge in [-0.3, -0.25) is 4.79 Å². The van der Waals surface area contributed by atoms with E-state index >= 15 is 0 Å². The molecule has 2 heteroatoms. The summed E-state index contributed by atoms with van der Waals surface area (Å²) in [6.07, 6.45) is 8.13. The largest absolute Gasteiger partial charge is 0.349 e. The van der Waals surface area contributed by atoms with E-state index in [9.17, 15) is 4.79 Å². The Morgan fingerprint density at radius 1 is 1.46 bits per heavy atom. The predicted octanol–water partition coefficient (Wildman–Crippen LogP) is 1.81. The number of rotatable bonds is 3. The van der Waals surface area contributed by atoms with Crippen LogP contribution in [0.1, 0.15) is 13.8 Å². The van der Waals surface area contributed by atoms with Crippen LogP contribution < -0.4 is 5.32 Å². The molecule has 1 aliphatic rings. The summed E-state index contributed by atoms with van der Waals surface area (Å²) in [7, 11) is 0. The first kappa shape index (κ1) is 9.78. The van der Waals surface area contributed by atoms with Gasteiger partial charge < -0.3 is 5.32 Å². The van der Waals surface area contributed by atoms with E-state index in [1.165, 1.54) is 0 Å². The maximum Gasteiger partial charge on any atom is 0.246 e. The fraction of sp³-hybridized carbons (Fsp3) is 0.364. The van der Waals surface area contributed by atoms with Crippen LogP contribution in [0.15, 0.2) is 36.5 Å². The number of nitrogens with one attached hydrogen (secondary N) is 1. The number of hydrogen-bond donors (Lipinski definition) is 1. The van der Waals surface area contributed by atoms with E-state index in [4.69, 9.17) is 0 Å². The van der Waals surface area contributed by atoms with E-state index in [0.717, 1.165) is 0 Å². The first-order valence-corrected chi connectivity index (χ1v) is 4.42. The van der Waals surface area contributed by atoms with Gasteiger partial charge in [0, 0.05) is 17.5 Å². The highest BCUT2D eigenvalue weighted by Crippen LogP contribution is 2.13. The van der Waals surface area contributed by atoms with Crippen LogP contribution >= 0.6 is 0 Å². The van der Waals surface area contributed by atoms with Gasteiger partial charge in [0.05, 0.1) is 0 Å². The van der Waals surface area contributed by atoms with Gasteiger partial charge in [-0.2, -0.15) is 0 Å². The lowest BCUT2D eigenvalue weighted by atomic mass is 10.0. The van der Waals surface area contributed by atoms with Gasteiger partial charge in [-0.05, 0) is 13.8 Å². The Morgan fingerprint density at radius 3 is 2.46 bits per heavy atom. The van der Waals surface area contributed by atoms with Gasteiger partial charge in [0.2, 0.25) is 5.91 Å². The number of carbonyl (C=O) groups is 1.